The third-order valence-electron chi connectivity index (χ3n) is 6.74. The Morgan fingerprint density at radius 1 is 0.946 bits per heavy atom. The molecule has 0 bridgehead atoms. The molecule has 0 saturated heterocycles. The van der Waals surface area contributed by atoms with E-state index in [2.05, 4.69) is 5.32 Å². The second-order valence-corrected chi connectivity index (χ2v) is 10.2. The molecule has 0 spiro atoms. The fourth-order valence-corrected chi connectivity index (χ4v) is 6.11. The Morgan fingerprint density at radius 3 is 2.46 bits per heavy atom. The van der Waals surface area contributed by atoms with Crippen molar-refractivity contribution in [1.29, 1.82) is 0 Å². The second-order valence-electron chi connectivity index (χ2n) is 9.17. The van der Waals surface area contributed by atoms with E-state index >= 15 is 0 Å². The number of para-hydroxylation sites is 1. The maximum Gasteiger partial charge on any atom is 0.266 e. The van der Waals surface area contributed by atoms with Crippen molar-refractivity contribution in [3.05, 3.63) is 99.8 Å². The highest BCUT2D eigenvalue weighted by atomic mass is 32.1. The summed E-state index contributed by atoms with van der Waals surface area (Å²) in [6, 6.07) is 22.9. The summed E-state index contributed by atoms with van der Waals surface area (Å²) in [7, 11) is 1.61. The van der Waals surface area contributed by atoms with Crippen molar-refractivity contribution < 1.29 is 9.53 Å². The molecule has 0 amide bonds. The highest BCUT2D eigenvalue weighted by molar-refractivity contribution is 7.20. The predicted octanol–water partition coefficient (Wildman–Crippen LogP) is 6.69. The molecule has 7 heteroatoms. The van der Waals surface area contributed by atoms with Gasteiger partial charge in [-0.15, -0.1) is 11.3 Å². The molecule has 2 heterocycles. The minimum atomic E-state index is -0.150. The summed E-state index contributed by atoms with van der Waals surface area (Å²) >= 11 is 1.49. The van der Waals surface area contributed by atoms with Crippen molar-refractivity contribution in [3.8, 4) is 22.1 Å². The normalized spacial score (nSPS) is 13.0. The van der Waals surface area contributed by atoms with Crippen LogP contribution in [0.3, 0.4) is 0 Å². The van der Waals surface area contributed by atoms with Crippen LogP contribution in [0.4, 0.5) is 10.7 Å². The number of anilines is 2. The average molecular weight is 508 g/mol. The van der Waals surface area contributed by atoms with Gasteiger partial charge in [0, 0.05) is 12.1 Å². The van der Waals surface area contributed by atoms with Gasteiger partial charge < -0.3 is 10.1 Å². The van der Waals surface area contributed by atoms with Crippen molar-refractivity contribution in [2.75, 3.05) is 12.4 Å². The van der Waals surface area contributed by atoms with E-state index in [4.69, 9.17) is 9.72 Å². The van der Waals surface area contributed by atoms with Gasteiger partial charge in [0.15, 0.2) is 11.6 Å². The number of hydrogen-bond donors (Lipinski definition) is 1. The second kappa shape index (κ2) is 9.33. The molecule has 1 aliphatic rings. The van der Waals surface area contributed by atoms with E-state index in [9.17, 15) is 9.59 Å². The molecule has 0 atom stereocenters. The lowest BCUT2D eigenvalue weighted by Gasteiger charge is -2.16. The van der Waals surface area contributed by atoms with Crippen molar-refractivity contribution >= 4 is 38.7 Å². The minimum Gasteiger partial charge on any atom is -0.497 e. The molecule has 0 saturated carbocycles. The number of nitrogens with one attached hydrogen (secondary N) is 1. The van der Waals surface area contributed by atoms with E-state index in [1.165, 1.54) is 16.9 Å². The molecule has 2 aromatic heterocycles. The van der Waals surface area contributed by atoms with E-state index in [0.29, 0.717) is 34.6 Å². The number of thiophene rings is 1. The zero-order valence-corrected chi connectivity index (χ0v) is 21.4. The quantitative estimate of drug-likeness (QED) is 0.287. The zero-order valence-electron chi connectivity index (χ0n) is 20.6. The fraction of sp³-hybridized carbons (Fsp3) is 0.167. The fourth-order valence-electron chi connectivity index (χ4n) is 4.84. The van der Waals surface area contributed by atoms with Crippen LogP contribution < -0.4 is 15.6 Å². The van der Waals surface area contributed by atoms with Crippen LogP contribution in [-0.4, -0.2) is 22.4 Å². The molecule has 6 nitrogen and oxygen atoms in total. The molecular weight excluding hydrogens is 482 g/mol. The van der Waals surface area contributed by atoms with Gasteiger partial charge in [-0.05, 0) is 73.9 Å². The number of benzene rings is 3. The van der Waals surface area contributed by atoms with Crippen LogP contribution in [-0.2, 0) is 6.42 Å². The topological polar surface area (TPSA) is 73.2 Å². The van der Waals surface area contributed by atoms with Gasteiger partial charge in [-0.1, -0.05) is 29.8 Å². The van der Waals surface area contributed by atoms with Gasteiger partial charge in [-0.3, -0.25) is 14.2 Å². The Balaban J connectivity index is 1.61. The van der Waals surface area contributed by atoms with Gasteiger partial charge in [0.2, 0.25) is 0 Å². The lowest BCUT2D eigenvalue weighted by Crippen LogP contribution is -2.22. The molecular formula is C30H25N3O3S. The summed E-state index contributed by atoms with van der Waals surface area (Å²) in [5.74, 6) is 1.37. The first kappa shape index (κ1) is 23.2. The number of carbonyl (C=O) groups excluding carboxylic acids is 1. The Kier molecular flexibility index (Phi) is 5.85. The lowest BCUT2D eigenvalue weighted by atomic mass is 9.91. The summed E-state index contributed by atoms with van der Waals surface area (Å²) < 4.78 is 6.98. The third-order valence-corrected chi connectivity index (χ3v) is 7.88. The van der Waals surface area contributed by atoms with Gasteiger partial charge in [0.05, 0.1) is 34.1 Å². The van der Waals surface area contributed by atoms with E-state index < -0.39 is 0 Å². The molecule has 5 aromatic rings. The third kappa shape index (κ3) is 4.11. The molecule has 3 aromatic carbocycles. The number of nitrogens with zero attached hydrogens (tertiary/aromatic N) is 2. The van der Waals surface area contributed by atoms with Gasteiger partial charge in [-0.25, -0.2) is 4.98 Å². The van der Waals surface area contributed by atoms with Crippen LogP contribution in [0.1, 0.15) is 34.3 Å². The maximum absolute atomic E-state index is 13.9. The van der Waals surface area contributed by atoms with Crippen molar-refractivity contribution in [3.63, 3.8) is 0 Å². The first-order chi connectivity index (χ1) is 18.0. The average Bonchev–Trinajstić information content (AvgIpc) is 3.29. The number of aryl methyl sites for hydroxylation is 1. The van der Waals surface area contributed by atoms with Gasteiger partial charge >= 0.3 is 0 Å². The van der Waals surface area contributed by atoms with Gasteiger partial charge in [-0.2, -0.15) is 0 Å². The Bertz CT molecular complexity index is 1700. The summed E-state index contributed by atoms with van der Waals surface area (Å²) in [5.41, 5.74) is 4.93. The number of ketones is 1. The Hall–Kier alpha value is -4.23. The maximum atomic E-state index is 13.9. The molecule has 0 radical (unpaired) electrons. The number of fused-ring (bicyclic) bond motifs is 2. The highest BCUT2D eigenvalue weighted by Gasteiger charge is 2.30. The van der Waals surface area contributed by atoms with Gasteiger partial charge in [0.25, 0.3) is 5.56 Å². The van der Waals surface area contributed by atoms with Gasteiger partial charge in [0.1, 0.15) is 10.8 Å². The molecule has 6 rings (SSSR count). The summed E-state index contributed by atoms with van der Waals surface area (Å²) in [6.07, 6.45) is 2.05. The number of aromatic nitrogens is 2. The molecule has 1 N–H and O–H groups in total. The number of ether oxygens (including phenoxy) is 1. The number of rotatable bonds is 5. The summed E-state index contributed by atoms with van der Waals surface area (Å²) in [6.45, 7) is 2.04. The van der Waals surface area contributed by atoms with Crippen molar-refractivity contribution in [1.82, 2.24) is 9.55 Å². The van der Waals surface area contributed by atoms with Crippen LogP contribution in [0.5, 0.6) is 5.75 Å². The number of hydrogen-bond acceptors (Lipinski definition) is 6. The Morgan fingerprint density at radius 2 is 1.70 bits per heavy atom. The SMILES string of the molecule is COc1ccc(-n2c(-c3sc(Nc4ccc(C)cc4)c4c3CCCC4=O)nc3ccccc3c2=O)cc1. The molecule has 37 heavy (non-hydrogen) atoms. The van der Waals surface area contributed by atoms with Crippen molar-refractivity contribution in [2.45, 2.75) is 26.2 Å². The molecule has 0 aliphatic heterocycles. The van der Waals surface area contributed by atoms with Crippen LogP contribution in [0, 0.1) is 6.92 Å². The lowest BCUT2D eigenvalue weighted by molar-refractivity contribution is 0.0974. The van der Waals surface area contributed by atoms with E-state index in [0.717, 1.165) is 39.5 Å². The molecule has 0 fully saturated rings. The largest absolute Gasteiger partial charge is 0.497 e. The van der Waals surface area contributed by atoms with E-state index in [-0.39, 0.29) is 11.3 Å². The summed E-state index contributed by atoms with van der Waals surface area (Å²) in [4.78, 5) is 32.9. The zero-order chi connectivity index (χ0) is 25.5. The smallest absolute Gasteiger partial charge is 0.266 e. The first-order valence-corrected chi connectivity index (χ1v) is 13.0. The van der Waals surface area contributed by atoms with E-state index in [1.54, 1.807) is 17.7 Å². The number of carbonyl (C=O) groups is 1. The Labute approximate surface area is 218 Å². The number of Topliss-reactive ketones (excluding diaryl/α,β-unsaturated/α-hetero) is 1. The van der Waals surface area contributed by atoms with Crippen LogP contribution >= 0.6 is 11.3 Å². The number of methoxy groups -OCH3 is 1. The molecule has 1 aliphatic carbocycles. The van der Waals surface area contributed by atoms with Crippen LogP contribution in [0.2, 0.25) is 0 Å². The highest BCUT2D eigenvalue weighted by Crippen LogP contribution is 2.44. The minimum absolute atomic E-state index is 0.123. The van der Waals surface area contributed by atoms with Crippen LogP contribution in [0.15, 0.2) is 77.6 Å². The van der Waals surface area contributed by atoms with Crippen LogP contribution in [0.25, 0.3) is 27.3 Å². The molecule has 184 valence electrons. The van der Waals surface area contributed by atoms with Crippen molar-refractivity contribution in [2.24, 2.45) is 0 Å². The predicted molar refractivity (Wildman–Crippen MR) is 149 cm³/mol. The van der Waals surface area contributed by atoms with E-state index in [1.807, 2.05) is 73.7 Å². The summed E-state index contributed by atoms with van der Waals surface area (Å²) in [5, 5.41) is 4.81. The molecule has 0 unspecified atom stereocenters. The standard InChI is InChI=1S/C30H25N3O3S/c1-18-10-12-19(13-11-18)31-29-26-23(7-5-9-25(26)34)27(37-29)28-32-24-8-4-3-6-22(24)30(35)33(28)20-14-16-21(36-2)17-15-20/h3-4,6,8,10-17,31H,5,7,9H2,1-2H3. The first-order valence-electron chi connectivity index (χ1n) is 12.2. The monoisotopic (exact) mass is 507 g/mol.